The van der Waals surface area contributed by atoms with Crippen molar-refractivity contribution in [2.24, 2.45) is 0 Å². The molecule has 1 unspecified atom stereocenters. The summed E-state index contributed by atoms with van der Waals surface area (Å²) in [6, 6.07) is 14.9. The fourth-order valence-electron chi connectivity index (χ4n) is 2.59. The molecular weight excluding hydrogens is 305 g/mol. The molecule has 0 spiro atoms. The normalized spacial score (nSPS) is 12.7. The molecule has 0 saturated carbocycles. The molecule has 1 aromatic heterocycles. The third-order valence-electron chi connectivity index (χ3n) is 3.50. The third kappa shape index (κ3) is 2.82. The van der Waals surface area contributed by atoms with Crippen molar-refractivity contribution >= 4 is 33.7 Å². The van der Waals surface area contributed by atoms with E-state index in [0.29, 0.717) is 5.39 Å². The predicted octanol–water partition coefficient (Wildman–Crippen LogP) is 5.39. The second kappa shape index (κ2) is 6.14. The van der Waals surface area contributed by atoms with Crippen molar-refractivity contribution in [3.05, 3.63) is 69.1 Å². The SMILES string of the molecule is CCNC(c1ccc(Cl)s1)c1ccc(F)c2ccccc12. The van der Waals surface area contributed by atoms with Gasteiger partial charge in [0.25, 0.3) is 0 Å². The van der Waals surface area contributed by atoms with Gasteiger partial charge in [-0.05, 0) is 35.7 Å². The number of halogens is 2. The van der Waals surface area contributed by atoms with Gasteiger partial charge in [-0.1, -0.05) is 48.9 Å². The molecule has 1 atom stereocenters. The van der Waals surface area contributed by atoms with Gasteiger partial charge in [-0.2, -0.15) is 0 Å². The van der Waals surface area contributed by atoms with Gasteiger partial charge >= 0.3 is 0 Å². The lowest BCUT2D eigenvalue weighted by Crippen LogP contribution is -2.21. The highest BCUT2D eigenvalue weighted by atomic mass is 35.5. The molecule has 108 valence electrons. The summed E-state index contributed by atoms with van der Waals surface area (Å²) in [6.45, 7) is 2.89. The number of hydrogen-bond donors (Lipinski definition) is 1. The molecule has 0 fully saturated rings. The first-order valence-corrected chi connectivity index (χ1v) is 8.06. The van der Waals surface area contributed by atoms with E-state index in [1.54, 1.807) is 11.3 Å². The topological polar surface area (TPSA) is 12.0 Å². The summed E-state index contributed by atoms with van der Waals surface area (Å²) < 4.78 is 14.7. The lowest BCUT2D eigenvalue weighted by Gasteiger charge is -2.19. The highest BCUT2D eigenvalue weighted by Gasteiger charge is 2.18. The fourth-order valence-corrected chi connectivity index (χ4v) is 3.74. The standard InChI is InChI=1S/C17H15ClFNS/c1-2-20-17(15-9-10-16(18)21-15)13-7-8-14(19)12-6-4-3-5-11(12)13/h3-10,17,20H,2H2,1H3. The first kappa shape index (κ1) is 14.5. The van der Waals surface area contributed by atoms with Gasteiger partial charge in [-0.3, -0.25) is 0 Å². The lowest BCUT2D eigenvalue weighted by molar-refractivity contribution is 0.629. The highest BCUT2D eigenvalue weighted by molar-refractivity contribution is 7.16. The van der Waals surface area contributed by atoms with Crippen LogP contribution in [0.1, 0.15) is 23.4 Å². The molecule has 3 rings (SSSR count). The third-order valence-corrected chi connectivity index (χ3v) is 4.80. The second-order valence-corrected chi connectivity index (χ2v) is 6.56. The number of fused-ring (bicyclic) bond motifs is 1. The Bertz CT molecular complexity index is 768. The number of nitrogens with one attached hydrogen (secondary N) is 1. The van der Waals surface area contributed by atoms with Crippen molar-refractivity contribution in [3.8, 4) is 0 Å². The van der Waals surface area contributed by atoms with Crippen molar-refractivity contribution in [3.63, 3.8) is 0 Å². The van der Waals surface area contributed by atoms with Crippen LogP contribution >= 0.6 is 22.9 Å². The monoisotopic (exact) mass is 319 g/mol. The van der Waals surface area contributed by atoms with E-state index >= 15 is 0 Å². The van der Waals surface area contributed by atoms with E-state index in [0.717, 1.165) is 26.7 Å². The quantitative estimate of drug-likeness (QED) is 0.679. The second-order valence-electron chi connectivity index (χ2n) is 4.81. The molecule has 0 radical (unpaired) electrons. The molecule has 3 aromatic rings. The number of hydrogen-bond acceptors (Lipinski definition) is 2. The van der Waals surface area contributed by atoms with E-state index in [1.165, 1.54) is 6.07 Å². The molecule has 1 heterocycles. The van der Waals surface area contributed by atoms with Crippen LogP contribution < -0.4 is 5.32 Å². The summed E-state index contributed by atoms with van der Waals surface area (Å²) in [4.78, 5) is 1.14. The molecule has 0 aliphatic carbocycles. The Hall–Kier alpha value is -1.42. The maximum Gasteiger partial charge on any atom is 0.131 e. The summed E-state index contributed by atoms with van der Waals surface area (Å²) in [5.41, 5.74) is 1.08. The first-order chi connectivity index (χ1) is 10.2. The zero-order valence-electron chi connectivity index (χ0n) is 11.6. The molecule has 0 aliphatic rings. The van der Waals surface area contributed by atoms with E-state index in [-0.39, 0.29) is 11.9 Å². The smallest absolute Gasteiger partial charge is 0.131 e. The van der Waals surface area contributed by atoms with Crippen LogP contribution in [0.4, 0.5) is 4.39 Å². The molecule has 0 bridgehead atoms. The number of thiophene rings is 1. The van der Waals surface area contributed by atoms with Gasteiger partial charge in [0.2, 0.25) is 0 Å². The Morgan fingerprint density at radius 1 is 1.10 bits per heavy atom. The van der Waals surface area contributed by atoms with Crippen LogP contribution in [-0.4, -0.2) is 6.54 Å². The van der Waals surface area contributed by atoms with Crippen LogP contribution in [-0.2, 0) is 0 Å². The van der Waals surface area contributed by atoms with Crippen molar-refractivity contribution in [2.75, 3.05) is 6.54 Å². The van der Waals surface area contributed by atoms with Gasteiger partial charge < -0.3 is 5.32 Å². The molecule has 4 heteroatoms. The van der Waals surface area contributed by atoms with Gasteiger partial charge in [0.15, 0.2) is 0 Å². The zero-order valence-corrected chi connectivity index (χ0v) is 13.1. The molecule has 2 aromatic carbocycles. The molecule has 0 saturated heterocycles. The molecule has 21 heavy (non-hydrogen) atoms. The van der Waals surface area contributed by atoms with Gasteiger partial charge in [0.05, 0.1) is 10.4 Å². The summed E-state index contributed by atoms with van der Waals surface area (Å²) in [7, 11) is 0. The summed E-state index contributed by atoms with van der Waals surface area (Å²) in [5.74, 6) is -0.186. The van der Waals surface area contributed by atoms with Gasteiger partial charge in [0, 0.05) is 10.3 Å². The maximum absolute atomic E-state index is 14.0. The van der Waals surface area contributed by atoms with Crippen LogP contribution in [0.5, 0.6) is 0 Å². The average molecular weight is 320 g/mol. The number of rotatable bonds is 4. The van der Waals surface area contributed by atoms with Crippen LogP contribution in [0.3, 0.4) is 0 Å². The predicted molar refractivity (Wildman–Crippen MR) is 88.8 cm³/mol. The van der Waals surface area contributed by atoms with Gasteiger partial charge in [-0.25, -0.2) is 4.39 Å². The van der Waals surface area contributed by atoms with Crippen LogP contribution in [0.2, 0.25) is 4.34 Å². The van der Waals surface area contributed by atoms with Crippen molar-refractivity contribution in [1.29, 1.82) is 0 Å². The van der Waals surface area contributed by atoms with Crippen LogP contribution in [0, 0.1) is 5.82 Å². The molecular formula is C17H15ClFNS. The Morgan fingerprint density at radius 3 is 2.52 bits per heavy atom. The van der Waals surface area contributed by atoms with Crippen LogP contribution in [0.15, 0.2) is 48.5 Å². The largest absolute Gasteiger partial charge is 0.306 e. The maximum atomic E-state index is 14.0. The Labute approximate surface area is 132 Å². The van der Waals surface area contributed by atoms with Crippen molar-refractivity contribution in [2.45, 2.75) is 13.0 Å². The summed E-state index contributed by atoms with van der Waals surface area (Å²) in [5, 5.41) is 5.06. The number of benzene rings is 2. The van der Waals surface area contributed by atoms with Crippen molar-refractivity contribution < 1.29 is 4.39 Å². The minimum absolute atomic E-state index is 0.0259. The van der Waals surface area contributed by atoms with Crippen LogP contribution in [0.25, 0.3) is 10.8 Å². The summed E-state index contributed by atoms with van der Waals surface area (Å²) >= 11 is 7.62. The summed E-state index contributed by atoms with van der Waals surface area (Å²) in [6.07, 6.45) is 0. The Morgan fingerprint density at radius 2 is 1.86 bits per heavy atom. The minimum atomic E-state index is -0.186. The molecule has 0 amide bonds. The van der Waals surface area contributed by atoms with E-state index in [4.69, 9.17) is 11.6 Å². The first-order valence-electron chi connectivity index (χ1n) is 6.86. The van der Waals surface area contributed by atoms with E-state index in [2.05, 4.69) is 12.2 Å². The lowest BCUT2D eigenvalue weighted by atomic mass is 9.97. The highest BCUT2D eigenvalue weighted by Crippen LogP contribution is 2.35. The zero-order chi connectivity index (χ0) is 14.8. The molecule has 1 nitrogen and oxygen atoms in total. The van der Waals surface area contributed by atoms with E-state index < -0.39 is 0 Å². The van der Waals surface area contributed by atoms with Gasteiger partial charge in [0.1, 0.15) is 5.82 Å². The Kier molecular flexibility index (Phi) is 4.24. The van der Waals surface area contributed by atoms with E-state index in [1.807, 2.05) is 42.5 Å². The fraction of sp³-hybridized carbons (Fsp3) is 0.176. The molecule has 0 aliphatic heterocycles. The average Bonchev–Trinajstić information content (AvgIpc) is 2.92. The Balaban J connectivity index is 2.18. The van der Waals surface area contributed by atoms with E-state index in [9.17, 15) is 4.39 Å². The van der Waals surface area contributed by atoms with Gasteiger partial charge in [-0.15, -0.1) is 11.3 Å². The van der Waals surface area contributed by atoms with Crippen molar-refractivity contribution in [1.82, 2.24) is 5.32 Å². The minimum Gasteiger partial charge on any atom is -0.306 e. The molecule has 1 N–H and O–H groups in total.